The molecule has 6 heteroatoms. The summed E-state index contributed by atoms with van der Waals surface area (Å²) in [6, 6.07) is 4.52. The van der Waals surface area contributed by atoms with Gasteiger partial charge in [0.2, 0.25) is 0 Å². The van der Waals surface area contributed by atoms with Gasteiger partial charge in [-0.05, 0) is 18.6 Å². The number of nitro benzene ring substituents is 1. The molecule has 0 saturated carbocycles. The number of rotatable bonds is 7. The van der Waals surface area contributed by atoms with E-state index in [-0.39, 0.29) is 5.69 Å². The molecule has 5 nitrogen and oxygen atoms in total. The minimum Gasteiger partial charge on any atom is -0.491 e. The van der Waals surface area contributed by atoms with Crippen molar-refractivity contribution in [3.8, 4) is 5.75 Å². The highest BCUT2D eigenvalue weighted by Crippen LogP contribution is 2.23. The molecule has 0 amide bonds. The van der Waals surface area contributed by atoms with E-state index in [1.165, 1.54) is 12.1 Å². The highest BCUT2D eigenvalue weighted by atomic mass is 35.5. The molecule has 0 radical (unpaired) electrons. The maximum absolute atomic E-state index is 10.6. The van der Waals surface area contributed by atoms with Gasteiger partial charge in [-0.1, -0.05) is 0 Å². The van der Waals surface area contributed by atoms with Crippen LogP contribution in [0.1, 0.15) is 5.56 Å². The number of nitrogens with zero attached hydrogens (tertiary/aromatic N) is 1. The van der Waals surface area contributed by atoms with Crippen LogP contribution in [0.4, 0.5) is 5.69 Å². The number of ether oxygens (including phenoxy) is 2. The Bertz CT molecular complexity index is 384. The number of alkyl halides is 1. The molecule has 0 aliphatic carbocycles. The van der Waals surface area contributed by atoms with Gasteiger partial charge in [0.1, 0.15) is 12.4 Å². The zero-order valence-electron chi connectivity index (χ0n) is 9.52. The quantitative estimate of drug-likeness (QED) is 0.327. The zero-order valence-corrected chi connectivity index (χ0v) is 10.3. The van der Waals surface area contributed by atoms with Crippen LogP contribution < -0.4 is 4.74 Å². The van der Waals surface area contributed by atoms with Gasteiger partial charge in [-0.15, -0.1) is 11.6 Å². The molecule has 17 heavy (non-hydrogen) atoms. The van der Waals surface area contributed by atoms with Crippen LogP contribution in [0, 0.1) is 17.0 Å². The Morgan fingerprint density at radius 3 is 2.76 bits per heavy atom. The van der Waals surface area contributed by atoms with Crippen molar-refractivity contribution in [1.82, 2.24) is 0 Å². The summed E-state index contributed by atoms with van der Waals surface area (Å²) >= 11 is 5.44. The zero-order chi connectivity index (χ0) is 12.7. The van der Waals surface area contributed by atoms with Gasteiger partial charge < -0.3 is 9.47 Å². The largest absolute Gasteiger partial charge is 0.491 e. The fourth-order valence-corrected chi connectivity index (χ4v) is 1.33. The van der Waals surface area contributed by atoms with Gasteiger partial charge in [0.15, 0.2) is 0 Å². The molecule has 0 bridgehead atoms. The van der Waals surface area contributed by atoms with Gasteiger partial charge in [-0.25, -0.2) is 0 Å². The maximum Gasteiger partial charge on any atom is 0.273 e. The molecule has 1 aromatic rings. The fraction of sp³-hybridized carbons (Fsp3) is 0.455. The number of non-ortho nitro benzene ring substituents is 1. The van der Waals surface area contributed by atoms with Crippen LogP contribution in [0.25, 0.3) is 0 Å². The summed E-state index contributed by atoms with van der Waals surface area (Å²) in [5.41, 5.74) is 0.875. The normalized spacial score (nSPS) is 10.2. The molecule has 0 aromatic heterocycles. The third kappa shape index (κ3) is 4.58. The van der Waals surface area contributed by atoms with Crippen molar-refractivity contribution in [3.05, 3.63) is 33.9 Å². The lowest BCUT2D eigenvalue weighted by molar-refractivity contribution is -0.384. The van der Waals surface area contributed by atoms with Crippen LogP contribution in [0.2, 0.25) is 0 Å². The standard InChI is InChI=1S/C11H14ClNO4/c1-9-2-3-10(13(14)15)8-11(9)17-7-6-16-5-4-12/h2-3,8H,4-7H2,1H3. The predicted molar refractivity (Wildman–Crippen MR) is 64.9 cm³/mol. The molecule has 0 aliphatic heterocycles. The van der Waals surface area contributed by atoms with Crippen LogP contribution in [0.5, 0.6) is 5.75 Å². The maximum atomic E-state index is 10.6. The molecule has 0 atom stereocenters. The molecular formula is C11H14ClNO4. The Kier molecular flexibility index (Phi) is 5.72. The first kappa shape index (κ1) is 13.7. The smallest absolute Gasteiger partial charge is 0.273 e. The van der Waals surface area contributed by atoms with Crippen LogP contribution >= 0.6 is 11.6 Å². The van der Waals surface area contributed by atoms with Gasteiger partial charge in [0, 0.05) is 11.9 Å². The molecule has 0 saturated heterocycles. The van der Waals surface area contributed by atoms with E-state index in [0.29, 0.717) is 31.5 Å². The van der Waals surface area contributed by atoms with Gasteiger partial charge >= 0.3 is 0 Å². The minimum absolute atomic E-state index is 0.0206. The SMILES string of the molecule is Cc1ccc([N+](=O)[O-])cc1OCCOCCCl. The van der Waals surface area contributed by atoms with Crippen LogP contribution in [-0.4, -0.2) is 30.6 Å². The highest BCUT2D eigenvalue weighted by Gasteiger charge is 2.09. The van der Waals surface area contributed by atoms with Crippen molar-refractivity contribution in [2.45, 2.75) is 6.92 Å². The third-order valence-electron chi connectivity index (χ3n) is 2.09. The molecule has 94 valence electrons. The first-order valence-corrected chi connectivity index (χ1v) is 5.70. The van der Waals surface area contributed by atoms with Gasteiger partial charge in [-0.3, -0.25) is 10.1 Å². The number of halogens is 1. The third-order valence-corrected chi connectivity index (χ3v) is 2.24. The average Bonchev–Trinajstić information content (AvgIpc) is 2.30. The van der Waals surface area contributed by atoms with E-state index in [2.05, 4.69) is 0 Å². The number of hydrogen-bond donors (Lipinski definition) is 0. The lowest BCUT2D eigenvalue weighted by Gasteiger charge is -2.08. The van der Waals surface area contributed by atoms with E-state index in [4.69, 9.17) is 21.1 Å². The summed E-state index contributed by atoms with van der Waals surface area (Å²) in [6.07, 6.45) is 0. The molecule has 0 N–H and O–H groups in total. The lowest BCUT2D eigenvalue weighted by atomic mass is 10.2. The molecule has 0 spiro atoms. The Morgan fingerprint density at radius 2 is 2.12 bits per heavy atom. The molecule has 1 rings (SSSR count). The van der Waals surface area contributed by atoms with Crippen LogP contribution in [0.15, 0.2) is 18.2 Å². The van der Waals surface area contributed by atoms with Crippen molar-refractivity contribution >= 4 is 17.3 Å². The summed E-state index contributed by atoms with van der Waals surface area (Å²) in [7, 11) is 0. The second-order valence-electron chi connectivity index (χ2n) is 3.36. The monoisotopic (exact) mass is 259 g/mol. The second kappa shape index (κ2) is 7.09. The second-order valence-corrected chi connectivity index (χ2v) is 3.73. The Morgan fingerprint density at radius 1 is 1.35 bits per heavy atom. The van der Waals surface area contributed by atoms with E-state index in [1.807, 2.05) is 6.92 Å². The molecule has 0 fully saturated rings. The van der Waals surface area contributed by atoms with Crippen LogP contribution in [-0.2, 0) is 4.74 Å². The summed E-state index contributed by atoms with van der Waals surface area (Å²) in [5, 5.41) is 10.6. The topological polar surface area (TPSA) is 61.6 Å². The summed E-state index contributed by atoms with van der Waals surface area (Å²) < 4.78 is 10.5. The summed E-state index contributed by atoms with van der Waals surface area (Å²) in [4.78, 5) is 10.1. The van der Waals surface area contributed by atoms with E-state index >= 15 is 0 Å². The Hall–Kier alpha value is -1.33. The van der Waals surface area contributed by atoms with Gasteiger partial charge in [0.05, 0.1) is 24.2 Å². The molecule has 0 heterocycles. The average molecular weight is 260 g/mol. The Labute approximate surface area is 104 Å². The molecular weight excluding hydrogens is 246 g/mol. The van der Waals surface area contributed by atoms with E-state index in [0.717, 1.165) is 5.56 Å². The number of benzene rings is 1. The Balaban J connectivity index is 2.51. The van der Waals surface area contributed by atoms with E-state index < -0.39 is 4.92 Å². The van der Waals surface area contributed by atoms with Crippen molar-refractivity contribution in [2.75, 3.05) is 25.7 Å². The summed E-state index contributed by atoms with van der Waals surface area (Å²) in [5.74, 6) is 0.948. The van der Waals surface area contributed by atoms with Crippen molar-refractivity contribution < 1.29 is 14.4 Å². The first-order valence-electron chi connectivity index (χ1n) is 5.16. The van der Waals surface area contributed by atoms with Crippen molar-refractivity contribution in [2.24, 2.45) is 0 Å². The predicted octanol–water partition coefficient (Wildman–Crippen LogP) is 2.54. The minimum atomic E-state index is -0.448. The van der Waals surface area contributed by atoms with E-state index in [1.54, 1.807) is 6.07 Å². The molecule has 0 unspecified atom stereocenters. The molecule has 0 aliphatic rings. The highest BCUT2D eigenvalue weighted by molar-refractivity contribution is 6.17. The summed E-state index contributed by atoms with van der Waals surface area (Å²) in [6.45, 7) is 3.06. The number of hydrogen-bond acceptors (Lipinski definition) is 4. The van der Waals surface area contributed by atoms with Crippen molar-refractivity contribution in [1.29, 1.82) is 0 Å². The number of aryl methyl sites for hydroxylation is 1. The van der Waals surface area contributed by atoms with Gasteiger partial charge in [-0.2, -0.15) is 0 Å². The van der Waals surface area contributed by atoms with Gasteiger partial charge in [0.25, 0.3) is 5.69 Å². The van der Waals surface area contributed by atoms with E-state index in [9.17, 15) is 10.1 Å². The lowest BCUT2D eigenvalue weighted by Crippen LogP contribution is -2.08. The van der Waals surface area contributed by atoms with Crippen LogP contribution in [0.3, 0.4) is 0 Å². The fourth-order valence-electron chi connectivity index (χ4n) is 1.23. The molecule has 1 aromatic carbocycles. The number of nitro groups is 1. The first-order chi connectivity index (χ1) is 8.15. The van der Waals surface area contributed by atoms with Crippen molar-refractivity contribution in [3.63, 3.8) is 0 Å².